The summed E-state index contributed by atoms with van der Waals surface area (Å²) in [6.45, 7) is 5.48. The van der Waals surface area contributed by atoms with Crippen molar-refractivity contribution in [1.82, 2.24) is 24.7 Å². The van der Waals surface area contributed by atoms with Crippen LogP contribution >= 0.6 is 0 Å². The summed E-state index contributed by atoms with van der Waals surface area (Å²) >= 11 is 0. The van der Waals surface area contributed by atoms with Gasteiger partial charge in [-0.2, -0.15) is 4.98 Å². The molecule has 1 atom stereocenters. The number of amides is 4. The average Bonchev–Trinajstić information content (AvgIpc) is 3.05. The van der Waals surface area contributed by atoms with Crippen molar-refractivity contribution in [3.63, 3.8) is 0 Å². The number of likely N-dealkylation sites (tertiary alicyclic amines) is 1. The minimum absolute atomic E-state index is 0.194. The summed E-state index contributed by atoms with van der Waals surface area (Å²) in [4.78, 5) is 48.9. The highest BCUT2D eigenvalue weighted by Gasteiger charge is 2.39. The lowest BCUT2D eigenvalue weighted by Gasteiger charge is -2.33. The van der Waals surface area contributed by atoms with Crippen LogP contribution in [0.5, 0.6) is 5.88 Å². The molecule has 0 saturated carbocycles. The van der Waals surface area contributed by atoms with Gasteiger partial charge < -0.3 is 14.5 Å². The predicted octanol–water partition coefficient (Wildman–Crippen LogP) is 0.0488. The number of piperazine rings is 1. The topological polar surface area (TPSA) is 95.9 Å². The van der Waals surface area contributed by atoms with Gasteiger partial charge in [-0.05, 0) is 13.8 Å². The van der Waals surface area contributed by atoms with Crippen LogP contribution in [0.3, 0.4) is 0 Å². The van der Waals surface area contributed by atoms with E-state index in [2.05, 4.69) is 9.97 Å². The van der Waals surface area contributed by atoms with E-state index in [1.165, 1.54) is 4.90 Å². The number of ether oxygens (including phenoxy) is 1. The van der Waals surface area contributed by atoms with Gasteiger partial charge in [-0.15, -0.1) is 0 Å². The fraction of sp³-hybridized carbons (Fsp3) is 0.562. The lowest BCUT2D eigenvalue weighted by atomic mass is 10.3. The zero-order valence-corrected chi connectivity index (χ0v) is 14.3. The zero-order chi connectivity index (χ0) is 18.0. The summed E-state index contributed by atoms with van der Waals surface area (Å²) in [5.74, 6) is -0.296. The molecule has 9 nitrogen and oxygen atoms in total. The summed E-state index contributed by atoms with van der Waals surface area (Å²) in [5.41, 5.74) is 0. The number of hydrogen-bond donors (Lipinski definition) is 0. The number of carbonyl (C=O) groups is 3. The quantitative estimate of drug-likeness (QED) is 0.717. The van der Waals surface area contributed by atoms with Crippen LogP contribution in [0, 0.1) is 6.92 Å². The molecule has 0 N–H and O–H groups in total. The minimum atomic E-state index is -0.756. The van der Waals surface area contributed by atoms with Gasteiger partial charge in [0.2, 0.25) is 5.88 Å². The summed E-state index contributed by atoms with van der Waals surface area (Å²) in [5, 5.41) is 0. The second-order valence-corrected chi connectivity index (χ2v) is 6.04. The van der Waals surface area contributed by atoms with E-state index in [0.29, 0.717) is 44.3 Å². The molecule has 3 rings (SSSR count). The smallest absolute Gasteiger partial charge is 0.327 e. The molecule has 25 heavy (non-hydrogen) atoms. The number of aromatic nitrogens is 2. The van der Waals surface area contributed by atoms with E-state index in [0.717, 1.165) is 4.90 Å². The third-order valence-electron chi connectivity index (χ3n) is 4.37. The monoisotopic (exact) mass is 347 g/mol. The summed E-state index contributed by atoms with van der Waals surface area (Å²) in [6.07, 6.45) is 2.07. The highest BCUT2D eigenvalue weighted by Crippen LogP contribution is 2.18. The Morgan fingerprint density at radius 1 is 1.28 bits per heavy atom. The lowest BCUT2D eigenvalue weighted by molar-refractivity contribution is -0.153. The van der Waals surface area contributed by atoms with E-state index in [1.54, 1.807) is 31.0 Å². The van der Waals surface area contributed by atoms with Crippen LogP contribution in [-0.4, -0.2) is 81.3 Å². The molecular formula is C16H21N5O4. The Morgan fingerprint density at radius 3 is 2.80 bits per heavy atom. The van der Waals surface area contributed by atoms with E-state index in [4.69, 9.17) is 4.74 Å². The standard InChI is InChI=1S/C16H21N5O4/c1-3-19-8-9-21(15(23)14(19)22)16(24)20-7-5-12(10-20)25-13-4-6-17-11(2)18-13/h4,6,12H,3,5,7-10H2,1-2H3. The van der Waals surface area contributed by atoms with Crippen molar-refractivity contribution in [2.24, 2.45) is 0 Å². The van der Waals surface area contributed by atoms with Gasteiger partial charge in [0.25, 0.3) is 0 Å². The Bertz CT molecular complexity index is 695. The van der Waals surface area contributed by atoms with E-state index in [9.17, 15) is 14.4 Å². The van der Waals surface area contributed by atoms with Crippen LogP contribution in [0.25, 0.3) is 0 Å². The van der Waals surface area contributed by atoms with Crippen molar-refractivity contribution in [1.29, 1.82) is 0 Å². The molecule has 0 spiro atoms. The minimum Gasteiger partial charge on any atom is -0.472 e. The maximum Gasteiger partial charge on any atom is 0.327 e. The van der Waals surface area contributed by atoms with Crippen molar-refractivity contribution in [3.05, 3.63) is 18.1 Å². The number of aryl methyl sites for hydroxylation is 1. The van der Waals surface area contributed by atoms with Crippen LogP contribution in [0.4, 0.5) is 4.79 Å². The van der Waals surface area contributed by atoms with Gasteiger partial charge in [0.05, 0.1) is 6.54 Å². The molecule has 0 aliphatic carbocycles. The molecule has 134 valence electrons. The molecule has 3 heterocycles. The second-order valence-electron chi connectivity index (χ2n) is 6.04. The number of urea groups is 1. The predicted molar refractivity (Wildman–Crippen MR) is 86.7 cm³/mol. The second kappa shape index (κ2) is 7.04. The first-order valence-electron chi connectivity index (χ1n) is 8.35. The summed E-state index contributed by atoms with van der Waals surface area (Å²) in [6, 6.07) is 1.24. The van der Waals surface area contributed by atoms with Crippen LogP contribution in [0.1, 0.15) is 19.2 Å². The molecule has 9 heteroatoms. The summed E-state index contributed by atoms with van der Waals surface area (Å²) < 4.78 is 5.78. The fourth-order valence-corrected chi connectivity index (χ4v) is 3.00. The van der Waals surface area contributed by atoms with Gasteiger partial charge >= 0.3 is 17.8 Å². The van der Waals surface area contributed by atoms with Gasteiger partial charge in [0, 0.05) is 44.9 Å². The average molecular weight is 347 g/mol. The van der Waals surface area contributed by atoms with E-state index >= 15 is 0 Å². The number of nitrogens with zero attached hydrogens (tertiary/aromatic N) is 5. The van der Waals surface area contributed by atoms with E-state index < -0.39 is 17.8 Å². The van der Waals surface area contributed by atoms with Crippen molar-refractivity contribution < 1.29 is 19.1 Å². The number of rotatable bonds is 3. The summed E-state index contributed by atoms with van der Waals surface area (Å²) in [7, 11) is 0. The van der Waals surface area contributed by atoms with Gasteiger partial charge in [-0.1, -0.05) is 0 Å². The molecule has 0 bridgehead atoms. The molecule has 2 aliphatic rings. The van der Waals surface area contributed by atoms with Crippen LogP contribution in [-0.2, 0) is 9.59 Å². The van der Waals surface area contributed by atoms with Gasteiger partial charge in [-0.25, -0.2) is 9.78 Å². The van der Waals surface area contributed by atoms with Gasteiger partial charge in [-0.3, -0.25) is 14.5 Å². The van der Waals surface area contributed by atoms with Crippen LogP contribution in [0.15, 0.2) is 12.3 Å². The SMILES string of the molecule is CCN1CCN(C(=O)N2CCC(Oc3ccnc(C)n3)C2)C(=O)C1=O. The highest BCUT2D eigenvalue weighted by molar-refractivity contribution is 6.38. The van der Waals surface area contributed by atoms with E-state index in [-0.39, 0.29) is 12.6 Å². The van der Waals surface area contributed by atoms with Crippen molar-refractivity contribution in [2.75, 3.05) is 32.7 Å². The molecular weight excluding hydrogens is 326 g/mol. The molecule has 0 radical (unpaired) electrons. The molecule has 2 saturated heterocycles. The van der Waals surface area contributed by atoms with Crippen molar-refractivity contribution >= 4 is 17.8 Å². The number of likely N-dealkylation sites (N-methyl/N-ethyl adjacent to an activating group) is 1. The Kier molecular flexibility index (Phi) is 4.82. The van der Waals surface area contributed by atoms with Crippen LogP contribution < -0.4 is 4.74 Å². The normalized spacial score (nSPS) is 21.0. The molecule has 1 unspecified atom stereocenters. The van der Waals surface area contributed by atoms with Crippen LogP contribution in [0.2, 0.25) is 0 Å². The maximum absolute atomic E-state index is 12.6. The molecule has 2 aliphatic heterocycles. The first-order valence-corrected chi connectivity index (χ1v) is 8.35. The van der Waals surface area contributed by atoms with Crippen molar-refractivity contribution in [3.8, 4) is 5.88 Å². The lowest BCUT2D eigenvalue weighted by Crippen LogP contribution is -2.58. The number of hydrogen-bond acceptors (Lipinski definition) is 6. The first kappa shape index (κ1) is 17.1. The van der Waals surface area contributed by atoms with Crippen molar-refractivity contribution in [2.45, 2.75) is 26.4 Å². The first-order chi connectivity index (χ1) is 12.0. The third kappa shape index (κ3) is 3.54. The number of imide groups is 1. The Labute approximate surface area is 145 Å². The molecule has 4 amide bonds. The Balaban J connectivity index is 1.59. The maximum atomic E-state index is 12.6. The fourth-order valence-electron chi connectivity index (χ4n) is 3.00. The molecule has 0 aromatic carbocycles. The highest BCUT2D eigenvalue weighted by atomic mass is 16.5. The third-order valence-corrected chi connectivity index (χ3v) is 4.37. The molecule has 2 fully saturated rings. The molecule has 1 aromatic rings. The zero-order valence-electron chi connectivity index (χ0n) is 14.3. The van der Waals surface area contributed by atoms with Gasteiger partial charge in [0.1, 0.15) is 11.9 Å². The Hall–Kier alpha value is -2.71. The van der Waals surface area contributed by atoms with Gasteiger partial charge in [0.15, 0.2) is 0 Å². The Morgan fingerprint density at radius 2 is 2.08 bits per heavy atom. The largest absolute Gasteiger partial charge is 0.472 e. The van der Waals surface area contributed by atoms with E-state index in [1.807, 2.05) is 0 Å². The number of carbonyl (C=O) groups excluding carboxylic acids is 3. The molecule has 1 aromatic heterocycles.